The van der Waals surface area contributed by atoms with E-state index in [1.165, 1.54) is 16.9 Å². The summed E-state index contributed by atoms with van der Waals surface area (Å²) in [5, 5.41) is 5.23. The molecule has 1 N–H and O–H groups in total. The van der Waals surface area contributed by atoms with Crippen molar-refractivity contribution >= 4 is 51.8 Å². The molecule has 1 aromatic carbocycles. The largest absolute Gasteiger partial charge is 0.367 e. The van der Waals surface area contributed by atoms with Crippen LogP contribution in [0, 0.1) is 20.8 Å². The first kappa shape index (κ1) is 26.0. The molecule has 1 aliphatic heterocycles. The van der Waals surface area contributed by atoms with Gasteiger partial charge in [-0.05, 0) is 74.2 Å². The zero-order chi connectivity index (χ0) is 27.0. The topological polar surface area (TPSA) is 70.5 Å². The fraction of sp³-hybridized carbons (Fsp3) is 0.276. The third kappa shape index (κ3) is 5.19. The zero-order valence-electron chi connectivity index (χ0n) is 21.9. The summed E-state index contributed by atoms with van der Waals surface area (Å²) in [6.45, 7) is 9.30. The minimum atomic E-state index is -0.692. The van der Waals surface area contributed by atoms with Crippen LogP contribution in [-0.4, -0.2) is 47.4 Å². The molecule has 1 aliphatic rings. The maximum absolute atomic E-state index is 13.2. The Labute approximate surface area is 231 Å². The van der Waals surface area contributed by atoms with E-state index in [4.69, 9.17) is 11.6 Å². The molecule has 1 saturated heterocycles. The molecular formula is C29H30ClN5O2S. The van der Waals surface area contributed by atoms with Gasteiger partial charge in [0.15, 0.2) is 0 Å². The van der Waals surface area contributed by atoms with Gasteiger partial charge in [-0.15, -0.1) is 11.3 Å². The molecule has 0 radical (unpaired) electrons. The molecule has 0 spiro atoms. The molecule has 38 heavy (non-hydrogen) atoms. The van der Waals surface area contributed by atoms with Gasteiger partial charge in [0.1, 0.15) is 11.5 Å². The molecule has 0 aliphatic carbocycles. The lowest BCUT2D eigenvalue weighted by atomic mass is 10.1. The number of aryl methyl sites for hydroxylation is 3. The van der Waals surface area contributed by atoms with Crippen LogP contribution in [0.2, 0.25) is 5.02 Å². The first-order valence-corrected chi connectivity index (χ1v) is 13.8. The minimum absolute atomic E-state index is 0.376. The Bertz CT molecular complexity index is 1480. The van der Waals surface area contributed by atoms with Gasteiger partial charge in [-0.3, -0.25) is 9.59 Å². The van der Waals surface area contributed by atoms with Crippen molar-refractivity contribution in [2.75, 3.05) is 41.3 Å². The van der Waals surface area contributed by atoms with E-state index in [1.54, 1.807) is 23.7 Å². The van der Waals surface area contributed by atoms with Gasteiger partial charge >= 0.3 is 0 Å². The van der Waals surface area contributed by atoms with Crippen LogP contribution >= 0.6 is 22.9 Å². The lowest BCUT2D eigenvalue weighted by Crippen LogP contribution is -2.47. The maximum Gasteiger partial charge on any atom is 0.298 e. The maximum atomic E-state index is 13.2. The molecule has 4 aromatic rings. The molecule has 9 heteroatoms. The van der Waals surface area contributed by atoms with E-state index >= 15 is 0 Å². The summed E-state index contributed by atoms with van der Waals surface area (Å²) in [5.41, 5.74) is 5.67. The van der Waals surface area contributed by atoms with Crippen LogP contribution in [-0.2, 0) is 11.8 Å². The average Bonchev–Trinajstić information content (AvgIpc) is 3.52. The van der Waals surface area contributed by atoms with Crippen LogP contribution in [0.4, 0.5) is 17.2 Å². The highest BCUT2D eigenvalue weighted by Gasteiger charge is 2.26. The van der Waals surface area contributed by atoms with Gasteiger partial charge < -0.3 is 19.7 Å². The first-order valence-electron chi connectivity index (χ1n) is 12.5. The molecule has 0 saturated carbocycles. The van der Waals surface area contributed by atoms with E-state index in [1.807, 2.05) is 43.5 Å². The van der Waals surface area contributed by atoms with Gasteiger partial charge in [0, 0.05) is 60.7 Å². The van der Waals surface area contributed by atoms with Crippen LogP contribution in [0.1, 0.15) is 27.4 Å². The van der Waals surface area contributed by atoms with Crippen LogP contribution < -0.4 is 15.1 Å². The predicted molar refractivity (Wildman–Crippen MR) is 156 cm³/mol. The number of hydrogen-bond acceptors (Lipinski definition) is 6. The number of piperazine rings is 1. The van der Waals surface area contributed by atoms with Crippen molar-refractivity contribution in [1.29, 1.82) is 0 Å². The SMILES string of the molecule is Cc1cc(C)nc(N2CCN(c3ccc(NC(=O)C(=O)c4c(-c5cccs5)cc(C)n4C)cc3Cl)CC2)c1. The number of rotatable bonds is 6. The van der Waals surface area contributed by atoms with Gasteiger partial charge in [-0.1, -0.05) is 17.7 Å². The highest BCUT2D eigenvalue weighted by Crippen LogP contribution is 2.32. The summed E-state index contributed by atoms with van der Waals surface area (Å²) < 4.78 is 1.76. The second-order valence-electron chi connectivity index (χ2n) is 9.65. The number of thiophene rings is 1. The number of carbonyl (C=O) groups excluding carboxylic acids is 2. The molecule has 4 heterocycles. The summed E-state index contributed by atoms with van der Waals surface area (Å²) in [4.78, 5) is 36.3. The number of carbonyl (C=O) groups is 2. The standard InChI is InChI=1S/C29H30ClN5O2S/c1-18-14-19(2)31-26(15-18)35-11-9-34(10-12-35)24-8-7-21(17-23(24)30)32-29(37)28(36)27-22(16-20(3)33(27)4)25-6-5-13-38-25/h5-8,13-17H,9-12H2,1-4H3,(H,32,37). The van der Waals surface area contributed by atoms with Gasteiger partial charge in [0.2, 0.25) is 0 Å². The van der Waals surface area contributed by atoms with Crippen molar-refractivity contribution in [2.24, 2.45) is 7.05 Å². The second-order valence-corrected chi connectivity index (χ2v) is 11.0. The van der Waals surface area contributed by atoms with Crippen molar-refractivity contribution in [3.05, 3.63) is 81.6 Å². The molecule has 5 rings (SSSR count). The monoisotopic (exact) mass is 547 g/mol. The Morgan fingerprint density at radius 3 is 2.37 bits per heavy atom. The van der Waals surface area contributed by atoms with Crippen molar-refractivity contribution < 1.29 is 9.59 Å². The molecule has 196 valence electrons. The van der Waals surface area contributed by atoms with Crippen molar-refractivity contribution in [2.45, 2.75) is 20.8 Å². The normalized spacial score (nSPS) is 13.6. The molecule has 3 aromatic heterocycles. The molecule has 1 fully saturated rings. The van der Waals surface area contributed by atoms with E-state index in [-0.39, 0.29) is 0 Å². The third-order valence-corrected chi connectivity index (χ3v) is 8.12. The summed E-state index contributed by atoms with van der Waals surface area (Å²) in [6, 6.07) is 15.4. The number of halogens is 1. The third-order valence-electron chi connectivity index (χ3n) is 6.91. The quantitative estimate of drug-likeness (QED) is 0.241. The van der Waals surface area contributed by atoms with E-state index in [0.717, 1.165) is 59.5 Å². The molecule has 0 atom stereocenters. The number of aromatic nitrogens is 2. The van der Waals surface area contributed by atoms with Gasteiger partial charge in [-0.25, -0.2) is 4.98 Å². The number of ketones is 1. The van der Waals surface area contributed by atoms with Crippen LogP contribution in [0.3, 0.4) is 0 Å². The lowest BCUT2D eigenvalue weighted by Gasteiger charge is -2.37. The van der Waals surface area contributed by atoms with E-state index in [9.17, 15) is 9.59 Å². The number of nitrogens with one attached hydrogen (secondary N) is 1. The fourth-order valence-electron chi connectivity index (χ4n) is 4.92. The van der Waals surface area contributed by atoms with Crippen LogP contribution in [0.15, 0.2) is 53.9 Å². The van der Waals surface area contributed by atoms with Crippen molar-refractivity contribution in [3.8, 4) is 10.4 Å². The summed E-state index contributed by atoms with van der Waals surface area (Å²) in [6.07, 6.45) is 0. The van der Waals surface area contributed by atoms with Crippen LogP contribution in [0.5, 0.6) is 0 Å². The molecular weight excluding hydrogens is 518 g/mol. The number of amides is 1. The highest BCUT2D eigenvalue weighted by atomic mass is 35.5. The fourth-order valence-corrected chi connectivity index (χ4v) is 5.96. The smallest absolute Gasteiger partial charge is 0.298 e. The first-order chi connectivity index (χ1) is 18.2. The number of benzene rings is 1. The highest BCUT2D eigenvalue weighted by molar-refractivity contribution is 7.13. The second kappa shape index (κ2) is 10.6. The van der Waals surface area contributed by atoms with Gasteiger partial charge in [0.05, 0.1) is 10.7 Å². The Balaban J connectivity index is 1.27. The Kier molecular flexibility index (Phi) is 7.27. The Morgan fingerprint density at radius 2 is 1.71 bits per heavy atom. The molecule has 0 bridgehead atoms. The Hall–Kier alpha value is -3.62. The summed E-state index contributed by atoms with van der Waals surface area (Å²) in [5.74, 6) is -0.269. The number of Topliss-reactive ketones (excluding diaryl/α,β-unsaturated/α-hetero) is 1. The Morgan fingerprint density at radius 1 is 0.974 bits per heavy atom. The molecule has 1 amide bonds. The average molecular weight is 548 g/mol. The van der Waals surface area contributed by atoms with Crippen LogP contribution in [0.25, 0.3) is 10.4 Å². The zero-order valence-corrected chi connectivity index (χ0v) is 23.5. The summed E-state index contributed by atoms with van der Waals surface area (Å²) >= 11 is 8.19. The van der Waals surface area contributed by atoms with E-state index in [0.29, 0.717) is 16.4 Å². The van der Waals surface area contributed by atoms with Crippen molar-refractivity contribution in [3.63, 3.8) is 0 Å². The number of hydrogen-bond donors (Lipinski definition) is 1. The van der Waals surface area contributed by atoms with E-state index in [2.05, 4.69) is 39.2 Å². The summed E-state index contributed by atoms with van der Waals surface area (Å²) in [7, 11) is 1.80. The predicted octanol–water partition coefficient (Wildman–Crippen LogP) is 5.88. The lowest BCUT2D eigenvalue weighted by molar-refractivity contribution is -0.112. The van der Waals surface area contributed by atoms with Gasteiger partial charge in [0.25, 0.3) is 11.7 Å². The molecule has 7 nitrogen and oxygen atoms in total. The number of pyridine rings is 1. The van der Waals surface area contributed by atoms with E-state index < -0.39 is 11.7 Å². The van der Waals surface area contributed by atoms with Gasteiger partial charge in [-0.2, -0.15) is 0 Å². The van der Waals surface area contributed by atoms with Crippen molar-refractivity contribution in [1.82, 2.24) is 9.55 Å². The molecule has 0 unspecified atom stereocenters. The number of anilines is 3. The number of nitrogens with zero attached hydrogens (tertiary/aromatic N) is 4. The minimum Gasteiger partial charge on any atom is -0.367 e.